The fourth-order valence-corrected chi connectivity index (χ4v) is 11.1. The number of aryl methyl sites for hydroxylation is 1. The van der Waals surface area contributed by atoms with Crippen molar-refractivity contribution < 1.29 is 17.4 Å². The molecule has 4 aliphatic rings. The number of carbonyl (C=O) groups excluding carboxylic acids is 1. The number of nitrogens with zero attached hydrogens (tertiary/aromatic N) is 1. The SMILES string of the molecule is CS(=O)CCC(N)C(=O)N[C@H]1C[C@H]2CC[C@]1(CS(=O)(=O)N1CCC3(CCc4ccccc43)CC1)C2(C)C. The first kappa shape index (κ1) is 27.3. The van der Waals surface area contributed by atoms with Gasteiger partial charge in [-0.2, -0.15) is 0 Å². The molecule has 5 atom stereocenters. The maximum absolute atomic E-state index is 14.0. The van der Waals surface area contributed by atoms with E-state index in [-0.39, 0.29) is 28.5 Å². The summed E-state index contributed by atoms with van der Waals surface area (Å²) in [6.45, 7) is 5.50. The summed E-state index contributed by atoms with van der Waals surface area (Å²) in [4.78, 5) is 13.0. The number of nitrogens with two attached hydrogens (primary N) is 1. The molecule has 3 aliphatic carbocycles. The minimum absolute atomic E-state index is 0.0756. The molecule has 1 spiro atoms. The summed E-state index contributed by atoms with van der Waals surface area (Å²) < 4.78 is 41.1. The Morgan fingerprint density at radius 3 is 2.57 bits per heavy atom. The second-order valence-corrected chi connectivity index (χ2v) is 16.2. The molecule has 1 heterocycles. The van der Waals surface area contributed by atoms with Crippen molar-refractivity contribution in [3.63, 3.8) is 0 Å². The molecular formula is C28H43N3O4S2. The molecule has 3 N–H and O–H groups in total. The van der Waals surface area contributed by atoms with E-state index in [0.717, 1.165) is 44.9 Å². The number of rotatable bonds is 8. The number of hydrogen-bond donors (Lipinski definition) is 2. The van der Waals surface area contributed by atoms with Gasteiger partial charge in [-0.05, 0) is 79.2 Å². The molecule has 9 heteroatoms. The number of benzene rings is 1. The first-order valence-corrected chi connectivity index (χ1v) is 17.2. The van der Waals surface area contributed by atoms with Gasteiger partial charge in [0, 0.05) is 47.4 Å². The Labute approximate surface area is 224 Å². The number of carbonyl (C=O) groups is 1. The molecule has 7 nitrogen and oxygen atoms in total. The second-order valence-electron chi connectivity index (χ2n) is 12.7. The first-order valence-electron chi connectivity index (χ1n) is 13.8. The Bertz CT molecular complexity index is 1180. The lowest BCUT2D eigenvalue weighted by Gasteiger charge is -2.45. The van der Waals surface area contributed by atoms with Crippen LogP contribution in [0.25, 0.3) is 0 Å². The monoisotopic (exact) mass is 549 g/mol. The van der Waals surface area contributed by atoms with Crippen molar-refractivity contribution in [2.75, 3.05) is 30.9 Å². The van der Waals surface area contributed by atoms with Crippen molar-refractivity contribution in [2.45, 2.75) is 82.7 Å². The van der Waals surface area contributed by atoms with Crippen molar-refractivity contribution in [3.8, 4) is 0 Å². The fourth-order valence-electron chi connectivity index (χ4n) is 8.22. The lowest BCUT2D eigenvalue weighted by Crippen LogP contribution is -2.57. The van der Waals surface area contributed by atoms with Crippen LogP contribution in [0.15, 0.2) is 24.3 Å². The minimum atomic E-state index is -3.51. The van der Waals surface area contributed by atoms with Crippen LogP contribution < -0.4 is 11.1 Å². The predicted molar refractivity (Wildman–Crippen MR) is 148 cm³/mol. The van der Waals surface area contributed by atoms with Gasteiger partial charge < -0.3 is 11.1 Å². The van der Waals surface area contributed by atoms with Crippen LogP contribution in [0.1, 0.15) is 69.9 Å². The van der Waals surface area contributed by atoms with Crippen LogP contribution >= 0.6 is 0 Å². The predicted octanol–water partition coefficient (Wildman–Crippen LogP) is 2.70. The largest absolute Gasteiger partial charge is 0.351 e. The Morgan fingerprint density at radius 2 is 1.89 bits per heavy atom. The first-order chi connectivity index (χ1) is 17.4. The van der Waals surface area contributed by atoms with Crippen molar-refractivity contribution in [2.24, 2.45) is 22.5 Å². The van der Waals surface area contributed by atoms with Crippen LogP contribution in [0.3, 0.4) is 0 Å². The van der Waals surface area contributed by atoms with Crippen LogP contribution in [0.4, 0.5) is 0 Å². The third-order valence-electron chi connectivity index (χ3n) is 10.8. The highest BCUT2D eigenvalue weighted by Crippen LogP contribution is 2.66. The van der Waals surface area contributed by atoms with E-state index in [0.29, 0.717) is 31.2 Å². The quantitative estimate of drug-likeness (QED) is 0.518. The van der Waals surface area contributed by atoms with Gasteiger partial charge in [-0.15, -0.1) is 0 Å². The molecule has 206 valence electrons. The highest BCUT2D eigenvalue weighted by molar-refractivity contribution is 7.89. The number of sulfonamides is 1. The molecule has 1 aliphatic heterocycles. The topological polar surface area (TPSA) is 110 Å². The average molecular weight is 550 g/mol. The van der Waals surface area contributed by atoms with Gasteiger partial charge in [0.05, 0.1) is 11.8 Å². The minimum Gasteiger partial charge on any atom is -0.351 e. The molecule has 0 radical (unpaired) electrons. The van der Waals surface area contributed by atoms with Gasteiger partial charge in [0.15, 0.2) is 0 Å². The van der Waals surface area contributed by atoms with Gasteiger partial charge in [0.1, 0.15) is 0 Å². The fraction of sp³-hybridized carbons (Fsp3) is 0.750. The van der Waals surface area contributed by atoms with Gasteiger partial charge >= 0.3 is 0 Å². The second kappa shape index (κ2) is 9.72. The van der Waals surface area contributed by atoms with Crippen molar-refractivity contribution in [3.05, 3.63) is 35.4 Å². The smallest absolute Gasteiger partial charge is 0.237 e. The molecule has 1 amide bonds. The van der Waals surface area contributed by atoms with E-state index in [4.69, 9.17) is 5.73 Å². The number of fused-ring (bicyclic) bond motifs is 4. The number of piperidine rings is 1. The van der Waals surface area contributed by atoms with Gasteiger partial charge in [-0.1, -0.05) is 38.1 Å². The molecule has 37 heavy (non-hydrogen) atoms. The van der Waals surface area contributed by atoms with Gasteiger partial charge in [0.25, 0.3) is 0 Å². The number of nitrogens with one attached hydrogen (secondary N) is 1. The average Bonchev–Trinajstić information content (AvgIpc) is 3.39. The summed E-state index contributed by atoms with van der Waals surface area (Å²) in [5.41, 5.74) is 8.38. The van der Waals surface area contributed by atoms with Gasteiger partial charge in [0.2, 0.25) is 15.9 Å². The summed E-state index contributed by atoms with van der Waals surface area (Å²) in [6.07, 6.45) is 8.49. The van der Waals surface area contributed by atoms with E-state index < -0.39 is 32.3 Å². The molecule has 0 aromatic heterocycles. The van der Waals surface area contributed by atoms with E-state index in [1.165, 1.54) is 11.1 Å². The molecular weight excluding hydrogens is 506 g/mol. The lowest BCUT2D eigenvalue weighted by molar-refractivity contribution is -0.124. The highest BCUT2D eigenvalue weighted by Gasteiger charge is 2.66. The summed E-state index contributed by atoms with van der Waals surface area (Å²) in [5, 5.41) is 3.16. The molecule has 1 aromatic rings. The molecule has 5 rings (SSSR count). The van der Waals surface area contributed by atoms with Crippen LogP contribution in [0.2, 0.25) is 0 Å². The molecule has 3 fully saturated rings. The summed E-state index contributed by atoms with van der Waals surface area (Å²) in [7, 11) is -4.51. The van der Waals surface area contributed by atoms with E-state index in [9.17, 15) is 17.4 Å². The zero-order chi connectivity index (χ0) is 26.6. The molecule has 2 bridgehead atoms. The molecule has 1 saturated heterocycles. The lowest BCUT2D eigenvalue weighted by atomic mass is 9.69. The third kappa shape index (κ3) is 4.61. The Hall–Kier alpha value is -1.29. The van der Waals surface area contributed by atoms with Gasteiger partial charge in [-0.25, -0.2) is 12.7 Å². The van der Waals surface area contributed by atoms with Gasteiger partial charge in [-0.3, -0.25) is 9.00 Å². The molecule has 1 aromatic carbocycles. The third-order valence-corrected chi connectivity index (χ3v) is 13.6. The Balaban J connectivity index is 1.30. The Kier molecular flexibility index (Phi) is 7.17. The summed E-state index contributed by atoms with van der Waals surface area (Å²) in [5.74, 6) is 0.586. The number of amides is 1. The maximum atomic E-state index is 14.0. The Morgan fingerprint density at radius 1 is 1.19 bits per heavy atom. The van der Waals surface area contributed by atoms with Crippen LogP contribution in [0, 0.1) is 16.7 Å². The van der Waals surface area contributed by atoms with E-state index in [1.807, 2.05) is 0 Å². The van der Waals surface area contributed by atoms with Crippen LogP contribution in [-0.4, -0.2) is 65.8 Å². The van der Waals surface area contributed by atoms with Crippen molar-refractivity contribution in [1.29, 1.82) is 0 Å². The summed E-state index contributed by atoms with van der Waals surface area (Å²) in [6, 6.07) is 7.72. The standard InChI is InChI=1S/C28H43N3O4S2/c1-26(2)21-9-12-28(26,24(18-21)30-25(32)23(29)10-17-36(3)33)19-37(34,35)31-15-13-27(14-16-31)11-8-20-6-4-5-7-22(20)27/h4-7,21,23-24H,8-19,29H2,1-3H3,(H,30,32)/t21-,23?,24+,28-,36?/m1/s1. The van der Waals surface area contributed by atoms with Crippen LogP contribution in [-0.2, 0) is 37.5 Å². The normalized spacial score (nSPS) is 31.8. The zero-order valence-electron chi connectivity index (χ0n) is 22.5. The van der Waals surface area contributed by atoms with E-state index in [2.05, 4.69) is 43.4 Å². The van der Waals surface area contributed by atoms with E-state index >= 15 is 0 Å². The molecule has 2 unspecified atom stereocenters. The highest BCUT2D eigenvalue weighted by atomic mass is 32.2. The number of hydrogen-bond acceptors (Lipinski definition) is 5. The van der Waals surface area contributed by atoms with E-state index in [1.54, 1.807) is 10.6 Å². The molecule has 2 saturated carbocycles. The summed E-state index contributed by atoms with van der Waals surface area (Å²) >= 11 is 0. The van der Waals surface area contributed by atoms with Crippen LogP contribution in [0.5, 0.6) is 0 Å². The maximum Gasteiger partial charge on any atom is 0.237 e. The van der Waals surface area contributed by atoms with Crippen molar-refractivity contribution in [1.82, 2.24) is 9.62 Å². The van der Waals surface area contributed by atoms with Crippen molar-refractivity contribution >= 4 is 26.7 Å². The zero-order valence-corrected chi connectivity index (χ0v) is 24.1.